The average molecular weight is 900 g/mol. The Morgan fingerprint density at radius 2 is 0.646 bits per heavy atom. The predicted octanol–water partition coefficient (Wildman–Crippen LogP) is 19.4. The molecule has 0 aromatic carbocycles. The molecule has 1 aromatic rings. The van der Waals surface area contributed by atoms with Crippen LogP contribution in [0.4, 0.5) is 0 Å². The van der Waals surface area contributed by atoms with Gasteiger partial charge in [-0.3, -0.25) is 0 Å². The van der Waals surface area contributed by atoms with E-state index in [2.05, 4.69) is 98.7 Å². The lowest BCUT2D eigenvalue weighted by molar-refractivity contribution is 0.0496. The average Bonchev–Trinajstić information content (AvgIpc) is 3.31. The van der Waals surface area contributed by atoms with Crippen LogP contribution in [0.15, 0.2) is 85.0 Å². The van der Waals surface area contributed by atoms with Crippen LogP contribution in [0.2, 0.25) is 0 Å². The van der Waals surface area contributed by atoms with Gasteiger partial charge in [-0.05, 0) is 116 Å². The van der Waals surface area contributed by atoms with E-state index in [9.17, 15) is 4.79 Å². The van der Waals surface area contributed by atoms with Crippen molar-refractivity contribution in [2.75, 3.05) is 19.8 Å². The second-order valence-corrected chi connectivity index (χ2v) is 18.1. The van der Waals surface area contributed by atoms with Gasteiger partial charge >= 0.3 is 5.97 Å². The molecule has 0 atom stereocenters. The molecule has 0 radical (unpaired) electrons. The van der Waals surface area contributed by atoms with Crippen molar-refractivity contribution < 1.29 is 19.0 Å². The van der Waals surface area contributed by atoms with Crippen LogP contribution in [0.5, 0.6) is 11.8 Å². The topological polar surface area (TPSA) is 57.7 Å². The number of carbonyl (C=O) groups is 1. The molecule has 0 aliphatic carbocycles. The number of pyridine rings is 1. The Morgan fingerprint density at radius 3 is 0.969 bits per heavy atom. The SMILES string of the molecule is CCCCCC=CCC=CCCCCCCCCOC(=O)c1cc(OCCCCCCCCC=CCC=CCCCCC)nc(OCCCCCCCCC=CCC=CCCCCC)c1. The number of ether oxygens (including phenoxy) is 3. The molecule has 0 aliphatic heterocycles. The van der Waals surface area contributed by atoms with E-state index in [1.165, 1.54) is 167 Å². The predicted molar refractivity (Wildman–Crippen MR) is 284 cm³/mol. The van der Waals surface area contributed by atoms with Crippen molar-refractivity contribution in [3.8, 4) is 11.8 Å². The minimum atomic E-state index is -0.327. The van der Waals surface area contributed by atoms with Gasteiger partial charge in [0.05, 0.1) is 25.4 Å². The minimum absolute atomic E-state index is 0.327. The first-order valence-corrected chi connectivity index (χ1v) is 27.6. The summed E-state index contributed by atoms with van der Waals surface area (Å²) >= 11 is 0. The van der Waals surface area contributed by atoms with E-state index in [-0.39, 0.29) is 5.97 Å². The Labute approximate surface area is 402 Å². The second kappa shape index (κ2) is 50.1. The monoisotopic (exact) mass is 900 g/mol. The number of rotatable bonds is 48. The van der Waals surface area contributed by atoms with E-state index < -0.39 is 0 Å². The van der Waals surface area contributed by atoms with E-state index in [1.807, 2.05) is 0 Å². The lowest BCUT2D eigenvalue weighted by atomic mass is 10.1. The highest BCUT2D eigenvalue weighted by Gasteiger charge is 2.13. The summed E-state index contributed by atoms with van der Waals surface area (Å²) in [5.74, 6) is 0.567. The minimum Gasteiger partial charge on any atom is -0.478 e. The largest absolute Gasteiger partial charge is 0.478 e. The number of allylic oxidation sites excluding steroid dienone is 12. The molecule has 5 heteroatoms. The molecular weight excluding hydrogens is 799 g/mol. The van der Waals surface area contributed by atoms with Gasteiger partial charge in [0.25, 0.3) is 0 Å². The lowest BCUT2D eigenvalue weighted by Crippen LogP contribution is -2.09. The quantitative estimate of drug-likeness (QED) is 0.0370. The summed E-state index contributed by atoms with van der Waals surface area (Å²) in [5, 5.41) is 0. The van der Waals surface area contributed by atoms with Crippen molar-refractivity contribution >= 4 is 5.97 Å². The van der Waals surface area contributed by atoms with E-state index in [4.69, 9.17) is 14.2 Å². The summed E-state index contributed by atoms with van der Waals surface area (Å²) in [7, 11) is 0. The van der Waals surface area contributed by atoms with Crippen molar-refractivity contribution in [3.05, 3.63) is 90.6 Å². The van der Waals surface area contributed by atoms with E-state index in [0.29, 0.717) is 37.1 Å². The molecule has 0 unspecified atom stereocenters. The molecule has 0 amide bonds. The number of hydrogen-bond acceptors (Lipinski definition) is 5. The molecular formula is C60H101NO4. The maximum atomic E-state index is 13.2. The van der Waals surface area contributed by atoms with Crippen molar-refractivity contribution in [2.45, 2.75) is 252 Å². The van der Waals surface area contributed by atoms with Crippen LogP contribution in [-0.4, -0.2) is 30.8 Å². The van der Waals surface area contributed by atoms with Gasteiger partial charge in [-0.15, -0.1) is 0 Å². The van der Waals surface area contributed by atoms with Gasteiger partial charge < -0.3 is 14.2 Å². The van der Waals surface area contributed by atoms with Crippen molar-refractivity contribution in [3.63, 3.8) is 0 Å². The smallest absolute Gasteiger partial charge is 0.338 e. The van der Waals surface area contributed by atoms with Crippen LogP contribution in [0.25, 0.3) is 0 Å². The summed E-state index contributed by atoms with van der Waals surface area (Å²) in [6.45, 7) is 8.36. The Hall–Kier alpha value is -3.34. The zero-order chi connectivity index (χ0) is 46.6. The van der Waals surface area contributed by atoms with E-state index in [0.717, 1.165) is 64.2 Å². The third kappa shape index (κ3) is 43.0. The van der Waals surface area contributed by atoms with Gasteiger partial charge in [0.2, 0.25) is 11.8 Å². The molecule has 1 rings (SSSR count). The fourth-order valence-electron chi connectivity index (χ4n) is 7.62. The molecule has 65 heavy (non-hydrogen) atoms. The molecule has 1 heterocycles. The van der Waals surface area contributed by atoms with E-state index >= 15 is 0 Å². The third-order valence-electron chi connectivity index (χ3n) is 11.8. The summed E-state index contributed by atoms with van der Waals surface area (Å²) < 4.78 is 17.9. The zero-order valence-corrected chi connectivity index (χ0v) is 42.7. The Kier molecular flexibility index (Phi) is 46.0. The van der Waals surface area contributed by atoms with Crippen LogP contribution in [-0.2, 0) is 4.74 Å². The van der Waals surface area contributed by atoms with Gasteiger partial charge in [0.15, 0.2) is 0 Å². The number of carbonyl (C=O) groups excluding carboxylic acids is 1. The summed E-state index contributed by atoms with van der Waals surface area (Å²) in [6.07, 6.45) is 71.1. The first-order valence-electron chi connectivity index (χ1n) is 27.6. The fourth-order valence-corrected chi connectivity index (χ4v) is 7.62. The highest BCUT2D eigenvalue weighted by atomic mass is 16.5. The molecule has 1 aromatic heterocycles. The maximum Gasteiger partial charge on any atom is 0.338 e. The number of unbranched alkanes of at least 4 members (excludes halogenated alkanes) is 27. The number of nitrogens with zero attached hydrogens (tertiary/aromatic N) is 1. The highest BCUT2D eigenvalue weighted by molar-refractivity contribution is 5.90. The number of hydrogen-bond donors (Lipinski definition) is 0. The summed E-state index contributed by atoms with van der Waals surface area (Å²) in [4.78, 5) is 17.8. The Morgan fingerprint density at radius 1 is 0.369 bits per heavy atom. The summed E-state index contributed by atoms with van der Waals surface area (Å²) in [6, 6.07) is 3.45. The molecule has 0 spiro atoms. The van der Waals surface area contributed by atoms with Gasteiger partial charge in [0.1, 0.15) is 0 Å². The van der Waals surface area contributed by atoms with Crippen LogP contribution in [0.1, 0.15) is 262 Å². The molecule has 0 bridgehead atoms. The van der Waals surface area contributed by atoms with E-state index in [1.54, 1.807) is 12.1 Å². The summed E-state index contributed by atoms with van der Waals surface area (Å²) in [5.41, 5.74) is 0.458. The zero-order valence-electron chi connectivity index (χ0n) is 42.7. The molecule has 5 nitrogen and oxygen atoms in total. The number of aromatic nitrogens is 1. The van der Waals surface area contributed by atoms with Crippen molar-refractivity contribution in [2.24, 2.45) is 0 Å². The van der Waals surface area contributed by atoms with Crippen LogP contribution in [0.3, 0.4) is 0 Å². The van der Waals surface area contributed by atoms with Crippen molar-refractivity contribution in [1.29, 1.82) is 0 Å². The first-order chi connectivity index (χ1) is 32.2. The van der Waals surface area contributed by atoms with Crippen LogP contribution < -0.4 is 9.47 Å². The molecule has 0 saturated carbocycles. The lowest BCUT2D eigenvalue weighted by Gasteiger charge is -2.12. The Balaban J connectivity index is 2.40. The second-order valence-electron chi connectivity index (χ2n) is 18.1. The maximum absolute atomic E-state index is 13.2. The standard InChI is InChI=1S/C60H101NO4/c1-4-7-10-13-16-19-22-25-28-31-34-37-40-43-46-49-52-63-58-55-57(60(62)65-54-51-48-45-42-39-36-33-30-27-24-21-18-15-12-9-6-3)56-59(61-58)64-53-50-47-44-41-38-35-32-29-26-23-20-17-14-11-8-5-2/h16-21,25-30,55-56H,4-15,22-24,31-54H2,1-3H3. The first kappa shape index (κ1) is 59.7. The molecule has 0 saturated heterocycles. The molecule has 370 valence electrons. The normalized spacial score (nSPS) is 12.2. The van der Waals surface area contributed by atoms with Gasteiger partial charge in [0, 0.05) is 12.1 Å². The molecule has 0 N–H and O–H groups in total. The highest BCUT2D eigenvalue weighted by Crippen LogP contribution is 2.21. The van der Waals surface area contributed by atoms with Gasteiger partial charge in [-0.1, -0.05) is 209 Å². The van der Waals surface area contributed by atoms with Gasteiger partial charge in [-0.2, -0.15) is 4.98 Å². The Bertz CT molecular complexity index is 1290. The van der Waals surface area contributed by atoms with Gasteiger partial charge in [-0.25, -0.2) is 4.79 Å². The number of esters is 1. The third-order valence-corrected chi connectivity index (χ3v) is 11.8. The van der Waals surface area contributed by atoms with Crippen LogP contribution >= 0.6 is 0 Å². The van der Waals surface area contributed by atoms with Crippen LogP contribution in [0, 0.1) is 0 Å². The molecule has 0 aliphatic rings. The van der Waals surface area contributed by atoms with Crippen molar-refractivity contribution in [1.82, 2.24) is 4.98 Å². The molecule has 0 fully saturated rings. The fraction of sp³-hybridized carbons (Fsp3) is 0.700.